The Bertz CT molecular complexity index is 631. The van der Waals surface area contributed by atoms with Gasteiger partial charge in [-0.05, 0) is 30.2 Å². The summed E-state index contributed by atoms with van der Waals surface area (Å²) in [6.07, 6.45) is 3.42. The molecule has 3 heteroatoms. The van der Waals surface area contributed by atoms with Crippen LogP contribution in [0.2, 0.25) is 0 Å². The molecule has 1 aromatic carbocycles. The summed E-state index contributed by atoms with van der Waals surface area (Å²) in [4.78, 5) is 16.1. The van der Waals surface area contributed by atoms with E-state index in [0.29, 0.717) is 11.4 Å². The lowest BCUT2D eigenvalue weighted by Gasteiger charge is -2.12. The van der Waals surface area contributed by atoms with Gasteiger partial charge in [0.15, 0.2) is 0 Å². The molecule has 3 nitrogen and oxygen atoms in total. The fourth-order valence-electron chi connectivity index (χ4n) is 1.80. The number of hydrogen-bond donors (Lipinski definition) is 1. The molecule has 0 fully saturated rings. The Morgan fingerprint density at radius 1 is 1.15 bits per heavy atom. The molecule has 1 aromatic heterocycles. The normalized spacial score (nSPS) is 10.9. The van der Waals surface area contributed by atoms with E-state index in [0.717, 1.165) is 11.1 Å². The molecule has 100 valence electrons. The Morgan fingerprint density at radius 3 is 2.45 bits per heavy atom. The average molecular weight is 264 g/mol. The smallest absolute Gasteiger partial charge is 0.274 e. The van der Waals surface area contributed by atoms with Crippen LogP contribution < -0.4 is 5.32 Å². The summed E-state index contributed by atoms with van der Waals surface area (Å²) >= 11 is 0. The number of rotatable bonds is 4. The average Bonchev–Trinajstić information content (AvgIpc) is 2.53. The number of carbonyl (C=O) groups is 1. The van der Waals surface area contributed by atoms with Crippen molar-refractivity contribution < 1.29 is 4.79 Å². The molecule has 0 radical (unpaired) electrons. The van der Waals surface area contributed by atoms with Crippen molar-refractivity contribution in [3.8, 4) is 0 Å². The van der Waals surface area contributed by atoms with Gasteiger partial charge in [0.25, 0.3) is 5.91 Å². The standard InChI is InChI=1S/C17H16N2O/c1-3-15(13(2)14-9-5-4-6-10-14)19-17(20)16-11-7-8-12-18-16/h3-12H,2H2,1H3,(H,19,20)/b15-3+. The molecule has 0 unspecified atom stereocenters. The van der Waals surface area contributed by atoms with Crippen molar-refractivity contribution in [1.82, 2.24) is 10.3 Å². The predicted octanol–water partition coefficient (Wildman–Crippen LogP) is 3.43. The van der Waals surface area contributed by atoms with E-state index in [1.54, 1.807) is 24.4 Å². The van der Waals surface area contributed by atoms with Gasteiger partial charge in [0.1, 0.15) is 5.69 Å². The van der Waals surface area contributed by atoms with Crippen molar-refractivity contribution >= 4 is 11.5 Å². The van der Waals surface area contributed by atoms with Crippen molar-refractivity contribution in [2.75, 3.05) is 0 Å². The predicted molar refractivity (Wildman–Crippen MR) is 80.9 cm³/mol. The monoisotopic (exact) mass is 264 g/mol. The van der Waals surface area contributed by atoms with Gasteiger partial charge in [-0.2, -0.15) is 0 Å². The molecule has 0 aliphatic rings. The van der Waals surface area contributed by atoms with Gasteiger partial charge in [0, 0.05) is 11.9 Å². The lowest BCUT2D eigenvalue weighted by atomic mass is 10.0. The zero-order valence-corrected chi connectivity index (χ0v) is 11.3. The van der Waals surface area contributed by atoms with Crippen LogP contribution in [0.25, 0.3) is 5.57 Å². The summed E-state index contributed by atoms with van der Waals surface area (Å²) in [7, 11) is 0. The lowest BCUT2D eigenvalue weighted by molar-refractivity contribution is 0.0962. The van der Waals surface area contributed by atoms with E-state index >= 15 is 0 Å². The van der Waals surface area contributed by atoms with E-state index in [9.17, 15) is 4.79 Å². The van der Waals surface area contributed by atoms with Gasteiger partial charge in [0.2, 0.25) is 0 Å². The number of nitrogens with zero attached hydrogens (tertiary/aromatic N) is 1. The molecule has 0 spiro atoms. The molecule has 0 aliphatic heterocycles. The summed E-state index contributed by atoms with van der Waals surface area (Å²) in [5.74, 6) is -0.240. The first-order chi connectivity index (χ1) is 9.72. The Balaban J connectivity index is 2.15. The van der Waals surface area contributed by atoms with Crippen LogP contribution in [0.5, 0.6) is 0 Å². The number of nitrogens with one attached hydrogen (secondary N) is 1. The van der Waals surface area contributed by atoms with Crippen LogP contribution in [-0.4, -0.2) is 10.9 Å². The molecule has 0 aliphatic carbocycles. The van der Waals surface area contributed by atoms with Crippen LogP contribution in [0.3, 0.4) is 0 Å². The Kier molecular flexibility index (Phi) is 4.45. The third kappa shape index (κ3) is 3.20. The van der Waals surface area contributed by atoms with Crippen LogP contribution in [0.4, 0.5) is 0 Å². The van der Waals surface area contributed by atoms with Crippen molar-refractivity contribution in [2.24, 2.45) is 0 Å². The molecule has 1 N–H and O–H groups in total. The number of allylic oxidation sites excluding steroid dienone is 2. The number of carbonyl (C=O) groups excluding carboxylic acids is 1. The number of amides is 1. The highest BCUT2D eigenvalue weighted by Crippen LogP contribution is 2.19. The van der Waals surface area contributed by atoms with Crippen LogP contribution in [-0.2, 0) is 0 Å². The molecule has 0 atom stereocenters. The minimum absolute atomic E-state index is 0.240. The Hall–Kier alpha value is -2.68. The third-order valence-corrected chi connectivity index (χ3v) is 2.88. The number of benzene rings is 1. The van der Waals surface area contributed by atoms with Gasteiger partial charge in [-0.1, -0.05) is 49.1 Å². The van der Waals surface area contributed by atoms with Crippen LogP contribution in [0.1, 0.15) is 23.0 Å². The maximum atomic E-state index is 12.1. The minimum Gasteiger partial charge on any atom is -0.320 e. The maximum Gasteiger partial charge on any atom is 0.274 e. The first-order valence-electron chi connectivity index (χ1n) is 6.35. The summed E-state index contributed by atoms with van der Waals surface area (Å²) < 4.78 is 0. The van der Waals surface area contributed by atoms with E-state index in [4.69, 9.17) is 0 Å². The van der Waals surface area contributed by atoms with Gasteiger partial charge in [-0.15, -0.1) is 0 Å². The summed E-state index contributed by atoms with van der Waals surface area (Å²) in [6, 6.07) is 15.0. The highest BCUT2D eigenvalue weighted by molar-refractivity contribution is 5.96. The van der Waals surface area contributed by atoms with Crippen LogP contribution >= 0.6 is 0 Å². The van der Waals surface area contributed by atoms with E-state index in [1.807, 2.05) is 43.3 Å². The van der Waals surface area contributed by atoms with E-state index in [1.165, 1.54) is 0 Å². The number of pyridine rings is 1. The van der Waals surface area contributed by atoms with E-state index in [-0.39, 0.29) is 5.91 Å². The Labute approximate surface area is 118 Å². The second-order valence-electron chi connectivity index (χ2n) is 4.22. The van der Waals surface area contributed by atoms with Crippen molar-refractivity contribution in [3.05, 3.63) is 84.3 Å². The molecule has 0 saturated heterocycles. The first kappa shape index (κ1) is 13.7. The zero-order chi connectivity index (χ0) is 14.4. The minimum atomic E-state index is -0.240. The highest BCUT2D eigenvalue weighted by Gasteiger charge is 2.11. The SMILES string of the molecule is C=C(/C(=C\C)NC(=O)c1ccccn1)c1ccccc1. The molecular weight excluding hydrogens is 248 g/mol. The zero-order valence-electron chi connectivity index (χ0n) is 11.3. The summed E-state index contributed by atoms with van der Waals surface area (Å²) in [5.41, 5.74) is 2.82. The molecule has 1 amide bonds. The van der Waals surface area contributed by atoms with Crippen molar-refractivity contribution in [2.45, 2.75) is 6.92 Å². The van der Waals surface area contributed by atoms with Gasteiger partial charge in [0.05, 0.1) is 0 Å². The number of aromatic nitrogens is 1. The van der Waals surface area contributed by atoms with Crippen LogP contribution in [0, 0.1) is 0 Å². The number of hydrogen-bond acceptors (Lipinski definition) is 2. The molecule has 2 aromatic rings. The highest BCUT2D eigenvalue weighted by atomic mass is 16.1. The van der Waals surface area contributed by atoms with Gasteiger partial charge < -0.3 is 5.32 Å². The summed E-state index contributed by atoms with van der Waals surface area (Å²) in [5, 5.41) is 2.84. The fraction of sp³-hybridized carbons (Fsp3) is 0.0588. The maximum absolute atomic E-state index is 12.1. The molecular formula is C17H16N2O. The fourth-order valence-corrected chi connectivity index (χ4v) is 1.80. The van der Waals surface area contributed by atoms with Gasteiger partial charge >= 0.3 is 0 Å². The second-order valence-corrected chi connectivity index (χ2v) is 4.22. The van der Waals surface area contributed by atoms with Gasteiger partial charge in [-0.3, -0.25) is 9.78 Å². The second kappa shape index (κ2) is 6.48. The quantitative estimate of drug-likeness (QED) is 0.860. The van der Waals surface area contributed by atoms with E-state index in [2.05, 4.69) is 16.9 Å². The summed E-state index contributed by atoms with van der Waals surface area (Å²) in [6.45, 7) is 5.90. The van der Waals surface area contributed by atoms with Crippen LogP contribution in [0.15, 0.2) is 73.1 Å². The lowest BCUT2D eigenvalue weighted by Crippen LogP contribution is -2.24. The van der Waals surface area contributed by atoms with Crippen molar-refractivity contribution in [1.29, 1.82) is 0 Å². The van der Waals surface area contributed by atoms with Gasteiger partial charge in [-0.25, -0.2) is 0 Å². The largest absolute Gasteiger partial charge is 0.320 e. The molecule has 1 heterocycles. The molecule has 0 bridgehead atoms. The van der Waals surface area contributed by atoms with Crippen molar-refractivity contribution in [3.63, 3.8) is 0 Å². The molecule has 0 saturated carbocycles. The van der Waals surface area contributed by atoms with E-state index < -0.39 is 0 Å². The first-order valence-corrected chi connectivity index (χ1v) is 6.35. The molecule has 2 rings (SSSR count). The Morgan fingerprint density at radius 2 is 1.85 bits per heavy atom. The third-order valence-electron chi connectivity index (χ3n) is 2.88. The topological polar surface area (TPSA) is 42.0 Å². The molecule has 20 heavy (non-hydrogen) atoms.